The van der Waals surface area contributed by atoms with E-state index in [-0.39, 0.29) is 23.8 Å². The molecule has 2 aromatic rings. The normalized spacial score (nSPS) is 20.1. The van der Waals surface area contributed by atoms with Gasteiger partial charge in [0.1, 0.15) is 17.1 Å². The maximum atomic E-state index is 13.7. The number of rotatable bonds is 5. The first-order valence-electron chi connectivity index (χ1n) is 9.10. The molecule has 9 heteroatoms. The first-order valence-corrected chi connectivity index (χ1v) is 9.10. The molecule has 28 heavy (non-hydrogen) atoms. The van der Waals surface area contributed by atoms with Gasteiger partial charge in [0.2, 0.25) is 0 Å². The van der Waals surface area contributed by atoms with Crippen LogP contribution in [0.5, 0.6) is 5.75 Å². The second kappa shape index (κ2) is 7.73. The van der Waals surface area contributed by atoms with E-state index >= 15 is 0 Å². The van der Waals surface area contributed by atoms with E-state index in [9.17, 15) is 18.0 Å². The average molecular weight is 396 g/mol. The number of methoxy groups -OCH3 is 1. The summed E-state index contributed by atoms with van der Waals surface area (Å²) in [5, 5.41) is 9.72. The Morgan fingerprint density at radius 2 is 2.21 bits per heavy atom. The van der Waals surface area contributed by atoms with Crippen LogP contribution >= 0.6 is 0 Å². The molecule has 6 nitrogen and oxygen atoms in total. The fraction of sp³-hybridized carbons (Fsp3) is 0.474. The lowest BCUT2D eigenvalue weighted by Gasteiger charge is -2.34. The molecule has 0 spiro atoms. The third kappa shape index (κ3) is 3.93. The second-order valence-electron chi connectivity index (χ2n) is 6.90. The minimum atomic E-state index is -4.50. The fourth-order valence-corrected chi connectivity index (χ4v) is 3.21. The third-order valence-electron chi connectivity index (χ3n) is 4.97. The maximum Gasteiger partial charge on any atom is 0.410 e. The van der Waals surface area contributed by atoms with Crippen LogP contribution in [-0.2, 0) is 0 Å². The van der Waals surface area contributed by atoms with Crippen molar-refractivity contribution in [2.75, 3.05) is 12.4 Å². The minimum Gasteiger partial charge on any atom is -0.497 e. The van der Waals surface area contributed by atoms with Crippen LogP contribution < -0.4 is 15.4 Å². The molecule has 1 aromatic carbocycles. The van der Waals surface area contributed by atoms with E-state index in [1.807, 2.05) is 13.8 Å². The van der Waals surface area contributed by atoms with Gasteiger partial charge in [-0.25, -0.2) is 4.68 Å². The Balaban J connectivity index is 1.99. The van der Waals surface area contributed by atoms with Crippen molar-refractivity contribution < 1.29 is 22.7 Å². The fourth-order valence-electron chi connectivity index (χ4n) is 3.21. The summed E-state index contributed by atoms with van der Waals surface area (Å²) in [4.78, 5) is 12.5. The molecule has 152 valence electrons. The number of amides is 1. The lowest BCUT2D eigenvalue weighted by atomic mass is 9.96. The predicted octanol–water partition coefficient (Wildman–Crippen LogP) is 4.08. The topological polar surface area (TPSA) is 68.2 Å². The van der Waals surface area contributed by atoms with E-state index in [1.165, 1.54) is 13.3 Å². The van der Waals surface area contributed by atoms with Crippen LogP contribution in [-0.4, -0.2) is 35.0 Å². The van der Waals surface area contributed by atoms with E-state index in [2.05, 4.69) is 15.7 Å². The Labute approximate surface area is 161 Å². The number of alkyl halides is 3. The Morgan fingerprint density at radius 3 is 2.86 bits per heavy atom. The van der Waals surface area contributed by atoms with Crippen LogP contribution in [0.4, 0.5) is 19.0 Å². The average Bonchev–Trinajstić information content (AvgIpc) is 3.10. The molecule has 0 aliphatic carbocycles. The van der Waals surface area contributed by atoms with E-state index in [1.54, 1.807) is 24.3 Å². The highest BCUT2D eigenvalue weighted by molar-refractivity contribution is 5.99. The van der Waals surface area contributed by atoms with Crippen molar-refractivity contribution in [3.05, 3.63) is 41.6 Å². The first kappa shape index (κ1) is 20.0. The lowest BCUT2D eigenvalue weighted by molar-refractivity contribution is -0.173. The van der Waals surface area contributed by atoms with Gasteiger partial charge < -0.3 is 15.4 Å². The van der Waals surface area contributed by atoms with Gasteiger partial charge in [-0.1, -0.05) is 19.1 Å². The number of benzene rings is 1. The number of anilines is 1. The third-order valence-corrected chi connectivity index (χ3v) is 4.97. The van der Waals surface area contributed by atoms with E-state index < -0.39 is 24.2 Å². The Hall–Kier alpha value is -2.71. The summed E-state index contributed by atoms with van der Waals surface area (Å²) in [6.45, 7) is 3.74. The monoisotopic (exact) mass is 396 g/mol. The molecule has 1 aromatic heterocycles. The SMILES string of the molecule is CCC(C)NC(=O)c1cnn2c1NC(c1cccc(OC)c1)CC2C(F)(F)F. The molecule has 0 saturated carbocycles. The van der Waals surface area contributed by atoms with Gasteiger partial charge in [-0.2, -0.15) is 18.3 Å². The highest BCUT2D eigenvalue weighted by atomic mass is 19.4. The summed E-state index contributed by atoms with van der Waals surface area (Å²) < 4.78 is 47.2. The van der Waals surface area contributed by atoms with E-state index in [0.29, 0.717) is 17.7 Å². The van der Waals surface area contributed by atoms with Crippen LogP contribution in [0.15, 0.2) is 30.5 Å². The second-order valence-corrected chi connectivity index (χ2v) is 6.90. The zero-order valence-electron chi connectivity index (χ0n) is 15.9. The zero-order chi connectivity index (χ0) is 20.5. The van der Waals surface area contributed by atoms with Crippen molar-refractivity contribution in [2.45, 2.75) is 51.0 Å². The van der Waals surface area contributed by atoms with Gasteiger partial charge in [0.05, 0.1) is 19.3 Å². The molecule has 0 bridgehead atoms. The van der Waals surface area contributed by atoms with E-state index in [4.69, 9.17) is 4.74 Å². The molecule has 3 rings (SSSR count). The number of nitrogens with one attached hydrogen (secondary N) is 2. The number of aromatic nitrogens is 2. The molecule has 1 aliphatic rings. The minimum absolute atomic E-state index is 0.0715. The van der Waals surface area contributed by atoms with Gasteiger partial charge in [-0.15, -0.1) is 0 Å². The zero-order valence-corrected chi connectivity index (χ0v) is 15.9. The largest absolute Gasteiger partial charge is 0.497 e. The lowest BCUT2D eigenvalue weighted by Crippen LogP contribution is -2.37. The maximum absolute atomic E-state index is 13.7. The van der Waals surface area contributed by atoms with Gasteiger partial charge in [-0.3, -0.25) is 4.79 Å². The van der Waals surface area contributed by atoms with Crippen LogP contribution in [0.2, 0.25) is 0 Å². The van der Waals surface area contributed by atoms with Crippen LogP contribution in [0.3, 0.4) is 0 Å². The molecular formula is C19H23F3N4O2. The number of carbonyl (C=O) groups excluding carboxylic acids is 1. The number of ether oxygens (including phenoxy) is 1. The smallest absolute Gasteiger partial charge is 0.410 e. The summed E-state index contributed by atoms with van der Waals surface area (Å²) in [5.41, 5.74) is 0.747. The number of halogens is 3. The quantitative estimate of drug-likeness (QED) is 0.799. The van der Waals surface area contributed by atoms with Crippen LogP contribution in [0.25, 0.3) is 0 Å². The molecule has 3 atom stereocenters. The summed E-state index contributed by atoms with van der Waals surface area (Å²) in [6, 6.07) is 4.31. The van der Waals surface area contributed by atoms with Gasteiger partial charge in [0.25, 0.3) is 5.91 Å². The summed E-state index contributed by atoms with van der Waals surface area (Å²) in [6.07, 6.45) is -2.84. The van der Waals surface area contributed by atoms with Gasteiger partial charge in [0.15, 0.2) is 6.04 Å². The van der Waals surface area contributed by atoms with Crippen molar-refractivity contribution in [3.63, 3.8) is 0 Å². The standard InChI is InChI=1S/C19H23F3N4O2/c1-4-11(2)24-18(27)14-10-23-26-16(19(20,21)22)9-15(25-17(14)26)12-6-5-7-13(8-12)28-3/h5-8,10-11,15-16,25H,4,9H2,1-3H3,(H,24,27). The number of fused-ring (bicyclic) bond motifs is 1. The van der Waals surface area contributed by atoms with Gasteiger partial charge >= 0.3 is 6.18 Å². The van der Waals surface area contributed by atoms with E-state index in [0.717, 1.165) is 4.68 Å². The Bertz CT molecular complexity index is 850. The molecule has 2 N–H and O–H groups in total. The molecule has 1 amide bonds. The highest BCUT2D eigenvalue weighted by Gasteiger charge is 2.47. The van der Waals surface area contributed by atoms with Crippen molar-refractivity contribution in [1.29, 1.82) is 0 Å². The first-order chi connectivity index (χ1) is 13.2. The highest BCUT2D eigenvalue weighted by Crippen LogP contribution is 2.44. The van der Waals surface area contributed by atoms with Gasteiger partial charge in [-0.05, 0) is 31.0 Å². The summed E-state index contributed by atoms with van der Waals surface area (Å²) >= 11 is 0. The van der Waals surface area contributed by atoms with Crippen LogP contribution in [0.1, 0.15) is 54.7 Å². The number of hydrogen-bond donors (Lipinski definition) is 2. The molecule has 3 unspecified atom stereocenters. The number of hydrogen-bond acceptors (Lipinski definition) is 4. The van der Waals surface area contributed by atoms with Crippen LogP contribution in [0, 0.1) is 0 Å². The molecule has 0 radical (unpaired) electrons. The van der Waals surface area contributed by atoms with Crippen molar-refractivity contribution in [3.8, 4) is 5.75 Å². The number of nitrogens with zero attached hydrogens (tertiary/aromatic N) is 2. The Morgan fingerprint density at radius 1 is 1.46 bits per heavy atom. The molecule has 0 saturated heterocycles. The Kier molecular flexibility index (Phi) is 5.53. The predicted molar refractivity (Wildman–Crippen MR) is 98.5 cm³/mol. The van der Waals surface area contributed by atoms with Crippen molar-refractivity contribution in [2.24, 2.45) is 0 Å². The van der Waals surface area contributed by atoms with Crippen molar-refractivity contribution in [1.82, 2.24) is 15.1 Å². The van der Waals surface area contributed by atoms with Crippen molar-refractivity contribution >= 4 is 11.7 Å². The number of carbonyl (C=O) groups is 1. The van der Waals surface area contributed by atoms with Gasteiger partial charge in [0, 0.05) is 12.5 Å². The molecule has 1 aliphatic heterocycles. The molecule has 0 fully saturated rings. The summed E-state index contributed by atoms with van der Waals surface area (Å²) in [7, 11) is 1.50. The molecular weight excluding hydrogens is 373 g/mol. The molecule has 2 heterocycles. The summed E-state index contributed by atoms with van der Waals surface area (Å²) in [5.74, 6) is 0.175.